The van der Waals surface area contributed by atoms with Crippen LogP contribution in [-0.4, -0.2) is 26.2 Å². The Morgan fingerprint density at radius 2 is 1.50 bits per heavy atom. The van der Waals surface area contributed by atoms with Crippen LogP contribution in [0.25, 0.3) is 27.8 Å². The molecule has 0 bridgehead atoms. The number of carboxylic acids is 1. The Morgan fingerprint density at radius 1 is 0.900 bits per heavy atom. The number of halogens is 1. The van der Waals surface area contributed by atoms with Gasteiger partial charge in [-0.1, -0.05) is 29.8 Å². The molecule has 0 aliphatic rings. The number of non-ortho nitro benzene ring substituents is 1. The van der Waals surface area contributed by atoms with Crippen LogP contribution in [0.15, 0.2) is 72.9 Å². The minimum absolute atomic E-state index is 0.0306. The van der Waals surface area contributed by atoms with E-state index < -0.39 is 16.7 Å². The van der Waals surface area contributed by atoms with Crippen molar-refractivity contribution in [2.45, 2.75) is 0 Å². The van der Waals surface area contributed by atoms with E-state index in [0.29, 0.717) is 27.2 Å². The predicted octanol–water partition coefficient (Wildman–Crippen LogP) is 5.10. The number of nitro benzene ring substituents is 1. The molecule has 2 aromatic carbocycles. The van der Waals surface area contributed by atoms with E-state index in [1.54, 1.807) is 48.7 Å². The van der Waals surface area contributed by atoms with Crippen molar-refractivity contribution in [3.8, 4) is 22.3 Å². The minimum Gasteiger partial charge on any atom is -0.475 e. The summed E-state index contributed by atoms with van der Waals surface area (Å²) in [6.45, 7) is 0. The molecule has 0 fully saturated rings. The number of carboxylic acid groups (broad SMARTS) is 1. The van der Waals surface area contributed by atoms with Gasteiger partial charge in [-0.3, -0.25) is 14.9 Å². The molecular formula is C22H13ClN2O5. The summed E-state index contributed by atoms with van der Waals surface area (Å²) in [7, 11) is 0. The molecule has 4 aromatic rings. The number of nitrogens with zero attached hydrogens (tertiary/aromatic N) is 2. The maximum atomic E-state index is 12.7. The van der Waals surface area contributed by atoms with Crippen LogP contribution in [-0.2, 0) is 4.79 Å². The number of nitro groups is 1. The number of aliphatic carboxylic acids is 1. The number of ketones is 1. The third-order valence-corrected chi connectivity index (χ3v) is 5.00. The highest BCUT2D eigenvalue weighted by molar-refractivity contribution is 6.41. The van der Waals surface area contributed by atoms with Gasteiger partial charge in [0.2, 0.25) is 0 Å². The van der Waals surface area contributed by atoms with Gasteiger partial charge in [-0.2, -0.15) is 0 Å². The summed E-state index contributed by atoms with van der Waals surface area (Å²) in [5.74, 6) is -2.67. The third kappa shape index (κ3) is 3.21. The first-order chi connectivity index (χ1) is 14.4. The number of carbonyl (C=O) groups excluding carboxylic acids is 1. The fourth-order valence-electron chi connectivity index (χ4n) is 3.47. The SMILES string of the molecule is O=C(O)C(=O)c1c(-c2ccc([N+](=O)[O-])cc2)c(-c2ccc(Cl)cc2)c2ccccn12. The van der Waals surface area contributed by atoms with Crippen LogP contribution in [0.4, 0.5) is 5.69 Å². The maximum Gasteiger partial charge on any atom is 0.378 e. The van der Waals surface area contributed by atoms with Gasteiger partial charge in [0.1, 0.15) is 5.69 Å². The number of hydrogen-bond acceptors (Lipinski definition) is 4. The van der Waals surface area contributed by atoms with E-state index in [2.05, 4.69) is 0 Å². The van der Waals surface area contributed by atoms with Crippen LogP contribution in [0.5, 0.6) is 0 Å². The van der Waals surface area contributed by atoms with E-state index in [0.717, 1.165) is 5.56 Å². The van der Waals surface area contributed by atoms with E-state index in [9.17, 15) is 24.8 Å². The summed E-state index contributed by atoms with van der Waals surface area (Å²) in [6.07, 6.45) is 1.61. The smallest absolute Gasteiger partial charge is 0.378 e. The van der Waals surface area contributed by atoms with Gasteiger partial charge in [0.25, 0.3) is 11.5 Å². The molecular weight excluding hydrogens is 408 g/mol. The molecule has 0 saturated heterocycles. The molecule has 7 nitrogen and oxygen atoms in total. The largest absolute Gasteiger partial charge is 0.475 e. The third-order valence-electron chi connectivity index (χ3n) is 4.75. The van der Waals surface area contributed by atoms with Crippen LogP contribution in [0.1, 0.15) is 10.5 Å². The Kier molecular flexibility index (Phi) is 4.81. The number of fused-ring (bicyclic) bond motifs is 1. The second-order valence-corrected chi connectivity index (χ2v) is 6.94. The molecule has 0 aliphatic carbocycles. The zero-order chi connectivity index (χ0) is 21.4. The summed E-state index contributed by atoms with van der Waals surface area (Å²) in [4.78, 5) is 34.8. The zero-order valence-electron chi connectivity index (χ0n) is 15.3. The van der Waals surface area contributed by atoms with Gasteiger partial charge in [-0.25, -0.2) is 4.79 Å². The second-order valence-electron chi connectivity index (χ2n) is 6.50. The number of benzene rings is 2. The standard InChI is InChI=1S/C22H13ClN2O5/c23-15-8-4-13(5-9-15)18-17-3-1-2-12-24(17)20(21(26)22(27)28)19(18)14-6-10-16(11-7-14)25(29)30/h1-12H,(H,27,28). The van der Waals surface area contributed by atoms with Crippen molar-refractivity contribution in [2.24, 2.45) is 0 Å². The average molecular weight is 421 g/mol. The lowest BCUT2D eigenvalue weighted by Crippen LogP contribution is -2.16. The van der Waals surface area contributed by atoms with E-state index in [1.165, 1.54) is 28.7 Å². The molecule has 0 saturated carbocycles. The Balaban J connectivity index is 2.12. The fourth-order valence-corrected chi connectivity index (χ4v) is 3.60. The van der Waals surface area contributed by atoms with Crippen molar-refractivity contribution < 1.29 is 19.6 Å². The molecule has 0 radical (unpaired) electrons. The van der Waals surface area contributed by atoms with Crippen molar-refractivity contribution in [1.82, 2.24) is 4.40 Å². The molecule has 0 amide bonds. The molecule has 0 unspecified atom stereocenters. The summed E-state index contributed by atoms with van der Waals surface area (Å²) < 4.78 is 1.52. The number of pyridine rings is 1. The number of rotatable bonds is 5. The van der Waals surface area contributed by atoms with Gasteiger partial charge >= 0.3 is 5.97 Å². The Morgan fingerprint density at radius 3 is 2.10 bits per heavy atom. The highest BCUT2D eigenvalue weighted by Gasteiger charge is 2.29. The number of Topliss-reactive ketones (excluding diaryl/α,β-unsaturated/α-hetero) is 1. The Bertz CT molecular complexity index is 1310. The first kappa shape index (κ1) is 19.4. The molecule has 8 heteroatoms. The topological polar surface area (TPSA) is 102 Å². The molecule has 2 heterocycles. The number of hydrogen-bond donors (Lipinski definition) is 1. The molecule has 2 aromatic heterocycles. The van der Waals surface area contributed by atoms with Gasteiger partial charge < -0.3 is 9.51 Å². The van der Waals surface area contributed by atoms with Crippen molar-refractivity contribution in [3.05, 3.63) is 93.8 Å². The van der Waals surface area contributed by atoms with Crippen molar-refractivity contribution >= 4 is 34.6 Å². The van der Waals surface area contributed by atoms with E-state index >= 15 is 0 Å². The first-order valence-electron chi connectivity index (χ1n) is 8.80. The Labute approximate surface area is 174 Å². The fraction of sp³-hybridized carbons (Fsp3) is 0. The second kappa shape index (κ2) is 7.46. The van der Waals surface area contributed by atoms with Gasteiger partial charge in [-0.05, 0) is 47.5 Å². The normalized spacial score (nSPS) is 10.8. The van der Waals surface area contributed by atoms with Crippen LogP contribution in [0.2, 0.25) is 5.02 Å². The zero-order valence-corrected chi connectivity index (χ0v) is 16.0. The van der Waals surface area contributed by atoms with Gasteiger partial charge in [0.15, 0.2) is 0 Å². The number of aromatic nitrogens is 1. The quantitative estimate of drug-likeness (QED) is 0.209. The molecule has 30 heavy (non-hydrogen) atoms. The van der Waals surface area contributed by atoms with Crippen molar-refractivity contribution in [2.75, 3.05) is 0 Å². The number of carbonyl (C=O) groups is 2. The lowest BCUT2D eigenvalue weighted by atomic mass is 9.94. The molecule has 0 spiro atoms. The minimum atomic E-state index is -1.59. The van der Waals surface area contributed by atoms with Crippen LogP contribution in [0, 0.1) is 10.1 Å². The summed E-state index contributed by atoms with van der Waals surface area (Å²) in [5.41, 5.74) is 2.70. The molecule has 4 rings (SSSR count). The summed E-state index contributed by atoms with van der Waals surface area (Å²) in [5, 5.41) is 21.0. The summed E-state index contributed by atoms with van der Waals surface area (Å²) >= 11 is 6.02. The predicted molar refractivity (Wildman–Crippen MR) is 112 cm³/mol. The van der Waals surface area contributed by atoms with Crippen molar-refractivity contribution in [3.63, 3.8) is 0 Å². The van der Waals surface area contributed by atoms with Gasteiger partial charge in [-0.15, -0.1) is 0 Å². The van der Waals surface area contributed by atoms with E-state index in [4.69, 9.17) is 11.6 Å². The molecule has 0 aliphatic heterocycles. The first-order valence-corrected chi connectivity index (χ1v) is 9.17. The average Bonchev–Trinajstić information content (AvgIpc) is 3.09. The van der Waals surface area contributed by atoms with Gasteiger partial charge in [0.05, 0.1) is 10.4 Å². The summed E-state index contributed by atoms with van der Waals surface area (Å²) in [6, 6.07) is 17.8. The molecule has 0 atom stereocenters. The van der Waals surface area contributed by atoms with E-state index in [-0.39, 0.29) is 11.4 Å². The highest BCUT2D eigenvalue weighted by atomic mass is 35.5. The lowest BCUT2D eigenvalue weighted by Gasteiger charge is -2.08. The molecule has 1 N–H and O–H groups in total. The van der Waals surface area contributed by atoms with E-state index in [1.807, 2.05) is 0 Å². The maximum absolute atomic E-state index is 12.7. The Hall–Kier alpha value is -3.97. The highest BCUT2D eigenvalue weighted by Crippen LogP contribution is 2.41. The molecule has 148 valence electrons. The monoisotopic (exact) mass is 420 g/mol. The van der Waals surface area contributed by atoms with Crippen LogP contribution in [0.3, 0.4) is 0 Å². The lowest BCUT2D eigenvalue weighted by molar-refractivity contribution is -0.384. The van der Waals surface area contributed by atoms with Crippen molar-refractivity contribution in [1.29, 1.82) is 0 Å². The van der Waals surface area contributed by atoms with Gasteiger partial charge in [0, 0.05) is 34.5 Å². The van der Waals surface area contributed by atoms with Crippen LogP contribution >= 0.6 is 11.6 Å². The van der Waals surface area contributed by atoms with Crippen LogP contribution < -0.4 is 0 Å².